The summed E-state index contributed by atoms with van der Waals surface area (Å²) in [5.41, 5.74) is 2.46. The van der Waals surface area contributed by atoms with Gasteiger partial charge in [0, 0.05) is 4.47 Å². The van der Waals surface area contributed by atoms with Crippen molar-refractivity contribution in [2.45, 2.75) is 0 Å². The highest BCUT2D eigenvalue weighted by atomic mass is 79.9. The van der Waals surface area contributed by atoms with Crippen molar-refractivity contribution in [3.05, 3.63) is 64.1 Å². The van der Waals surface area contributed by atoms with Gasteiger partial charge in [0.15, 0.2) is 5.84 Å². The topological polar surface area (TPSA) is 50.4 Å². The molecule has 2 rings (SSSR count). The number of rotatable bonds is 2. The van der Waals surface area contributed by atoms with Crippen LogP contribution in [0, 0.1) is 11.6 Å². The second-order valence-corrected chi connectivity index (χ2v) is 4.60. The first-order valence-electron chi connectivity index (χ1n) is 5.37. The van der Waals surface area contributed by atoms with Gasteiger partial charge in [0.1, 0.15) is 11.6 Å². The minimum Gasteiger partial charge on any atom is -0.308 e. The van der Waals surface area contributed by atoms with E-state index in [-0.39, 0.29) is 11.4 Å². The van der Waals surface area contributed by atoms with E-state index in [4.69, 9.17) is 5.84 Å². The summed E-state index contributed by atoms with van der Waals surface area (Å²) in [6.45, 7) is 0. The lowest BCUT2D eigenvalue weighted by atomic mass is 10.2. The molecule has 0 amide bonds. The molecule has 0 spiro atoms. The molecule has 2 aromatic rings. The van der Waals surface area contributed by atoms with Crippen LogP contribution < -0.4 is 11.3 Å². The van der Waals surface area contributed by atoms with Crippen LogP contribution in [0.25, 0.3) is 0 Å². The summed E-state index contributed by atoms with van der Waals surface area (Å²) in [7, 11) is 0. The Morgan fingerprint density at radius 3 is 2.21 bits per heavy atom. The Bertz CT molecular complexity index is 592. The van der Waals surface area contributed by atoms with E-state index in [2.05, 4.69) is 26.3 Å². The Hall–Kier alpha value is -1.79. The first-order valence-corrected chi connectivity index (χ1v) is 6.16. The zero-order valence-electron chi connectivity index (χ0n) is 9.70. The first kappa shape index (κ1) is 13.6. The van der Waals surface area contributed by atoms with Crippen molar-refractivity contribution >= 4 is 27.5 Å². The lowest BCUT2D eigenvalue weighted by molar-refractivity contribution is 0.576. The molecular formula is C13H10BrF2N3. The third kappa shape index (κ3) is 3.15. The fourth-order valence-corrected chi connectivity index (χ4v) is 1.96. The Labute approximate surface area is 117 Å². The molecule has 0 heterocycles. The van der Waals surface area contributed by atoms with Gasteiger partial charge in [-0.25, -0.2) is 19.6 Å². The number of nitrogens with two attached hydrogens (primary N) is 1. The zero-order valence-corrected chi connectivity index (χ0v) is 11.3. The van der Waals surface area contributed by atoms with E-state index in [0.29, 0.717) is 10.2 Å². The van der Waals surface area contributed by atoms with Crippen LogP contribution in [0.5, 0.6) is 0 Å². The number of hydrazine groups is 1. The van der Waals surface area contributed by atoms with Gasteiger partial charge in [-0.2, -0.15) is 0 Å². The largest absolute Gasteiger partial charge is 0.308 e. The minimum absolute atomic E-state index is 0.0753. The van der Waals surface area contributed by atoms with Gasteiger partial charge in [-0.05, 0) is 24.3 Å². The van der Waals surface area contributed by atoms with E-state index >= 15 is 0 Å². The van der Waals surface area contributed by atoms with Crippen molar-refractivity contribution in [2.24, 2.45) is 10.8 Å². The van der Waals surface area contributed by atoms with Crippen LogP contribution >= 0.6 is 15.9 Å². The molecule has 0 aliphatic rings. The second kappa shape index (κ2) is 5.90. The highest BCUT2D eigenvalue weighted by Crippen LogP contribution is 2.21. The van der Waals surface area contributed by atoms with Crippen LogP contribution in [-0.2, 0) is 0 Å². The van der Waals surface area contributed by atoms with Crippen LogP contribution in [0.15, 0.2) is 51.9 Å². The standard InChI is InChI=1S/C13H10BrF2N3/c14-8-6-10(15)12(11(16)7-8)13(19-17)18-9-4-2-1-3-5-9/h1-7H,17H2,(H,18,19). The normalized spacial score (nSPS) is 11.5. The Morgan fingerprint density at radius 2 is 1.68 bits per heavy atom. The number of hydrogen-bond acceptors (Lipinski definition) is 2. The van der Waals surface area contributed by atoms with Gasteiger partial charge in [-0.15, -0.1) is 0 Å². The highest BCUT2D eigenvalue weighted by Gasteiger charge is 2.16. The Balaban J connectivity index is 2.52. The van der Waals surface area contributed by atoms with Crippen LogP contribution in [0.4, 0.5) is 14.5 Å². The molecule has 0 bridgehead atoms. The van der Waals surface area contributed by atoms with Crippen LogP contribution in [0.2, 0.25) is 0 Å². The van der Waals surface area contributed by atoms with Crippen molar-refractivity contribution in [1.82, 2.24) is 5.43 Å². The van der Waals surface area contributed by atoms with E-state index in [1.165, 1.54) is 0 Å². The molecule has 0 saturated heterocycles. The van der Waals surface area contributed by atoms with E-state index in [0.717, 1.165) is 12.1 Å². The molecule has 0 aliphatic heterocycles. The summed E-state index contributed by atoms with van der Waals surface area (Å²) < 4.78 is 27.9. The highest BCUT2D eigenvalue weighted by molar-refractivity contribution is 9.10. The van der Waals surface area contributed by atoms with Crippen molar-refractivity contribution in [1.29, 1.82) is 0 Å². The van der Waals surface area contributed by atoms with E-state index in [1.54, 1.807) is 24.3 Å². The molecule has 3 N–H and O–H groups in total. The third-order valence-electron chi connectivity index (χ3n) is 2.38. The number of benzene rings is 2. The van der Waals surface area contributed by atoms with Crippen LogP contribution in [0.3, 0.4) is 0 Å². The molecule has 6 heteroatoms. The maximum Gasteiger partial charge on any atom is 0.153 e. The molecular weight excluding hydrogens is 316 g/mol. The number of aliphatic imine (C=N–C) groups is 1. The summed E-state index contributed by atoms with van der Waals surface area (Å²) in [5.74, 6) is 3.73. The number of nitrogens with zero attached hydrogens (tertiary/aromatic N) is 1. The smallest absolute Gasteiger partial charge is 0.153 e. The molecule has 0 unspecified atom stereocenters. The Morgan fingerprint density at radius 1 is 1.11 bits per heavy atom. The Kier molecular flexibility index (Phi) is 4.24. The van der Waals surface area contributed by atoms with Gasteiger partial charge in [0.25, 0.3) is 0 Å². The van der Waals surface area contributed by atoms with Gasteiger partial charge < -0.3 is 5.43 Å². The van der Waals surface area contributed by atoms with E-state index in [1.807, 2.05) is 6.07 Å². The van der Waals surface area contributed by atoms with Gasteiger partial charge >= 0.3 is 0 Å². The van der Waals surface area contributed by atoms with Crippen molar-refractivity contribution in [3.8, 4) is 0 Å². The zero-order chi connectivity index (χ0) is 13.8. The lowest BCUT2D eigenvalue weighted by Crippen LogP contribution is -2.32. The monoisotopic (exact) mass is 325 g/mol. The predicted molar refractivity (Wildman–Crippen MR) is 74.0 cm³/mol. The van der Waals surface area contributed by atoms with Gasteiger partial charge in [-0.3, -0.25) is 0 Å². The van der Waals surface area contributed by atoms with Gasteiger partial charge in [0.2, 0.25) is 0 Å². The molecule has 0 radical (unpaired) electrons. The molecule has 0 aromatic heterocycles. The van der Waals surface area contributed by atoms with Crippen LogP contribution in [0.1, 0.15) is 5.56 Å². The van der Waals surface area contributed by atoms with Crippen molar-refractivity contribution in [3.63, 3.8) is 0 Å². The average Bonchev–Trinajstić information content (AvgIpc) is 2.37. The number of amidine groups is 1. The summed E-state index contributed by atoms with van der Waals surface area (Å²) in [6.07, 6.45) is 0. The second-order valence-electron chi connectivity index (χ2n) is 3.68. The number of halogens is 3. The lowest BCUT2D eigenvalue weighted by Gasteiger charge is -2.09. The summed E-state index contributed by atoms with van der Waals surface area (Å²) in [4.78, 5) is 4.08. The fourth-order valence-electron chi connectivity index (χ4n) is 1.56. The maximum absolute atomic E-state index is 13.8. The molecule has 2 aromatic carbocycles. The quantitative estimate of drug-likeness (QED) is 0.385. The molecule has 0 saturated carbocycles. The van der Waals surface area contributed by atoms with Gasteiger partial charge in [-0.1, -0.05) is 34.1 Å². The number of nitrogens with one attached hydrogen (secondary N) is 1. The molecule has 0 fully saturated rings. The van der Waals surface area contributed by atoms with Gasteiger partial charge in [0.05, 0.1) is 11.3 Å². The van der Waals surface area contributed by atoms with Crippen molar-refractivity contribution < 1.29 is 8.78 Å². The third-order valence-corrected chi connectivity index (χ3v) is 2.84. The predicted octanol–water partition coefficient (Wildman–Crippen LogP) is 3.27. The number of para-hydroxylation sites is 1. The molecule has 19 heavy (non-hydrogen) atoms. The minimum atomic E-state index is -0.750. The SMILES string of the molecule is NNC(=Nc1ccccc1)c1c(F)cc(Br)cc1F. The molecule has 0 aliphatic carbocycles. The summed E-state index contributed by atoms with van der Waals surface area (Å²) in [6, 6.07) is 11.0. The summed E-state index contributed by atoms with van der Waals surface area (Å²) >= 11 is 3.01. The molecule has 98 valence electrons. The molecule has 3 nitrogen and oxygen atoms in total. The van der Waals surface area contributed by atoms with E-state index < -0.39 is 11.6 Å². The molecule has 0 atom stereocenters. The average molecular weight is 326 g/mol. The van der Waals surface area contributed by atoms with Crippen LogP contribution in [-0.4, -0.2) is 5.84 Å². The van der Waals surface area contributed by atoms with Crippen molar-refractivity contribution in [2.75, 3.05) is 0 Å². The van der Waals surface area contributed by atoms with E-state index in [9.17, 15) is 8.78 Å². The fraction of sp³-hybridized carbons (Fsp3) is 0. The maximum atomic E-state index is 13.8. The summed E-state index contributed by atoms with van der Waals surface area (Å²) in [5, 5.41) is 0. The first-order chi connectivity index (χ1) is 9.11. The number of hydrogen-bond donors (Lipinski definition) is 2.